The number of para-hydroxylation sites is 1. The van der Waals surface area contributed by atoms with Gasteiger partial charge in [-0.2, -0.15) is 0 Å². The highest BCUT2D eigenvalue weighted by molar-refractivity contribution is 6.03. The zero-order valence-electron chi connectivity index (χ0n) is 12.5. The number of rotatable bonds is 5. The van der Waals surface area contributed by atoms with Gasteiger partial charge in [-0.05, 0) is 25.0 Å². The fourth-order valence-corrected chi connectivity index (χ4v) is 2.29. The Morgan fingerprint density at radius 1 is 1.24 bits per heavy atom. The lowest BCUT2D eigenvalue weighted by Gasteiger charge is -2.17. The number of hydrogen-bond acceptors (Lipinski definition) is 2. The Morgan fingerprint density at radius 2 is 1.95 bits per heavy atom. The van der Waals surface area contributed by atoms with Crippen LogP contribution in [0.25, 0.3) is 10.9 Å². The van der Waals surface area contributed by atoms with Gasteiger partial charge in [-0.15, -0.1) is 0 Å². The van der Waals surface area contributed by atoms with E-state index >= 15 is 0 Å². The minimum Gasteiger partial charge on any atom is -0.478 e. The molecule has 5 nitrogen and oxygen atoms in total. The fraction of sp³-hybridized carbons (Fsp3) is 0.375. The Bertz CT molecular complexity index is 673. The highest BCUT2D eigenvalue weighted by atomic mass is 16.4. The number of aromatic nitrogens is 1. The fourth-order valence-electron chi connectivity index (χ4n) is 2.29. The van der Waals surface area contributed by atoms with Crippen LogP contribution in [-0.4, -0.2) is 28.1 Å². The number of hydrogen-bond donors (Lipinski definition) is 2. The first-order chi connectivity index (χ1) is 9.91. The van der Waals surface area contributed by atoms with Gasteiger partial charge in [0.15, 0.2) is 0 Å². The maximum absolute atomic E-state index is 12.2. The van der Waals surface area contributed by atoms with Gasteiger partial charge in [0, 0.05) is 18.1 Å². The van der Waals surface area contributed by atoms with Crippen LogP contribution in [0.15, 0.2) is 30.5 Å². The Balaban J connectivity index is 2.37. The SMILES string of the molecule is CC(C)CNC(=O)C(C)n1ccc2cccc(C(=O)O)c21. The van der Waals surface area contributed by atoms with E-state index in [1.54, 1.807) is 29.8 Å². The molecule has 0 spiro atoms. The maximum atomic E-state index is 12.2. The minimum atomic E-state index is -0.990. The summed E-state index contributed by atoms with van der Waals surface area (Å²) < 4.78 is 1.72. The molecule has 1 atom stereocenters. The molecule has 2 N–H and O–H groups in total. The van der Waals surface area contributed by atoms with Crippen LogP contribution in [0.2, 0.25) is 0 Å². The summed E-state index contributed by atoms with van der Waals surface area (Å²) in [6, 6.07) is 6.48. The summed E-state index contributed by atoms with van der Waals surface area (Å²) in [6.45, 7) is 6.43. The van der Waals surface area contributed by atoms with Crippen LogP contribution in [0, 0.1) is 5.92 Å². The van der Waals surface area contributed by atoms with Gasteiger partial charge in [-0.25, -0.2) is 4.79 Å². The van der Waals surface area contributed by atoms with E-state index in [1.807, 2.05) is 26.0 Å². The Morgan fingerprint density at radius 3 is 2.57 bits per heavy atom. The molecule has 1 unspecified atom stereocenters. The lowest BCUT2D eigenvalue weighted by Crippen LogP contribution is -2.33. The first-order valence-corrected chi connectivity index (χ1v) is 7.02. The van der Waals surface area contributed by atoms with Crippen molar-refractivity contribution in [3.8, 4) is 0 Å². The van der Waals surface area contributed by atoms with E-state index in [-0.39, 0.29) is 11.5 Å². The first-order valence-electron chi connectivity index (χ1n) is 7.02. The van der Waals surface area contributed by atoms with E-state index in [4.69, 9.17) is 0 Å². The molecule has 0 bridgehead atoms. The third-order valence-corrected chi connectivity index (χ3v) is 3.45. The lowest BCUT2D eigenvalue weighted by atomic mass is 10.1. The summed E-state index contributed by atoms with van der Waals surface area (Å²) >= 11 is 0. The van der Waals surface area contributed by atoms with E-state index in [9.17, 15) is 14.7 Å². The predicted molar refractivity (Wildman–Crippen MR) is 81.5 cm³/mol. The van der Waals surface area contributed by atoms with Gasteiger partial charge in [0.25, 0.3) is 0 Å². The molecule has 112 valence electrons. The van der Waals surface area contributed by atoms with E-state index in [1.165, 1.54) is 0 Å². The van der Waals surface area contributed by atoms with Crippen molar-refractivity contribution in [3.63, 3.8) is 0 Å². The molecule has 0 aliphatic heterocycles. The number of carboxylic acids is 1. The molecule has 1 aromatic carbocycles. The summed E-state index contributed by atoms with van der Waals surface area (Å²) in [6.07, 6.45) is 1.76. The molecule has 5 heteroatoms. The molecule has 0 aliphatic rings. The monoisotopic (exact) mass is 288 g/mol. The number of fused-ring (bicyclic) bond motifs is 1. The second kappa shape index (κ2) is 5.99. The van der Waals surface area contributed by atoms with Gasteiger partial charge in [0.1, 0.15) is 6.04 Å². The van der Waals surface area contributed by atoms with E-state index in [0.717, 1.165) is 5.39 Å². The number of benzene rings is 1. The number of carboxylic acid groups (broad SMARTS) is 1. The van der Waals surface area contributed by atoms with Gasteiger partial charge in [0.05, 0.1) is 11.1 Å². The topological polar surface area (TPSA) is 71.3 Å². The van der Waals surface area contributed by atoms with E-state index in [2.05, 4.69) is 5.32 Å². The maximum Gasteiger partial charge on any atom is 0.337 e. The number of nitrogens with zero attached hydrogens (tertiary/aromatic N) is 1. The van der Waals surface area contributed by atoms with Crippen molar-refractivity contribution < 1.29 is 14.7 Å². The van der Waals surface area contributed by atoms with Crippen molar-refractivity contribution in [1.82, 2.24) is 9.88 Å². The zero-order chi connectivity index (χ0) is 15.6. The van der Waals surface area contributed by atoms with Crippen LogP contribution in [0.3, 0.4) is 0 Å². The Labute approximate surface area is 123 Å². The number of amides is 1. The van der Waals surface area contributed by atoms with E-state index < -0.39 is 12.0 Å². The molecular weight excluding hydrogens is 268 g/mol. The second-order valence-corrected chi connectivity index (χ2v) is 5.59. The average Bonchev–Trinajstić information content (AvgIpc) is 2.87. The number of aromatic carboxylic acids is 1. The summed E-state index contributed by atoms with van der Waals surface area (Å²) in [7, 11) is 0. The molecule has 0 saturated carbocycles. The summed E-state index contributed by atoms with van der Waals surface area (Å²) in [5, 5.41) is 13.0. The Kier molecular flexibility index (Phi) is 4.31. The molecule has 1 heterocycles. The molecule has 1 aromatic heterocycles. The number of nitrogens with one attached hydrogen (secondary N) is 1. The van der Waals surface area contributed by atoms with Crippen LogP contribution in [0.4, 0.5) is 0 Å². The Hall–Kier alpha value is -2.30. The molecule has 0 saturated heterocycles. The van der Waals surface area contributed by atoms with Crippen molar-refractivity contribution in [2.45, 2.75) is 26.8 Å². The third-order valence-electron chi connectivity index (χ3n) is 3.45. The van der Waals surface area contributed by atoms with Crippen LogP contribution in [0.5, 0.6) is 0 Å². The lowest BCUT2D eigenvalue weighted by molar-refractivity contribution is -0.123. The van der Waals surface area contributed by atoms with Crippen LogP contribution < -0.4 is 5.32 Å². The van der Waals surface area contributed by atoms with Gasteiger partial charge in [0.2, 0.25) is 5.91 Å². The van der Waals surface area contributed by atoms with Crippen molar-refractivity contribution >= 4 is 22.8 Å². The summed E-state index contributed by atoms with van der Waals surface area (Å²) in [4.78, 5) is 23.6. The molecule has 2 rings (SSSR count). The quantitative estimate of drug-likeness (QED) is 0.888. The van der Waals surface area contributed by atoms with Crippen LogP contribution in [0.1, 0.15) is 37.2 Å². The number of carbonyl (C=O) groups is 2. The number of carbonyl (C=O) groups excluding carboxylic acids is 1. The third kappa shape index (κ3) is 3.07. The van der Waals surface area contributed by atoms with Gasteiger partial charge >= 0.3 is 5.97 Å². The minimum absolute atomic E-state index is 0.110. The van der Waals surface area contributed by atoms with E-state index in [0.29, 0.717) is 18.0 Å². The van der Waals surface area contributed by atoms with Crippen LogP contribution in [-0.2, 0) is 4.79 Å². The molecule has 21 heavy (non-hydrogen) atoms. The largest absolute Gasteiger partial charge is 0.478 e. The molecule has 1 amide bonds. The molecule has 0 radical (unpaired) electrons. The van der Waals surface area contributed by atoms with Crippen molar-refractivity contribution in [2.75, 3.05) is 6.54 Å². The van der Waals surface area contributed by atoms with Gasteiger partial charge in [-0.1, -0.05) is 26.0 Å². The highest BCUT2D eigenvalue weighted by Crippen LogP contribution is 2.24. The van der Waals surface area contributed by atoms with Gasteiger partial charge < -0.3 is 15.0 Å². The smallest absolute Gasteiger partial charge is 0.337 e. The zero-order valence-corrected chi connectivity index (χ0v) is 12.5. The average molecular weight is 288 g/mol. The van der Waals surface area contributed by atoms with Crippen molar-refractivity contribution in [2.24, 2.45) is 5.92 Å². The normalized spacial score (nSPS) is 12.6. The van der Waals surface area contributed by atoms with Crippen molar-refractivity contribution in [1.29, 1.82) is 0 Å². The highest BCUT2D eigenvalue weighted by Gasteiger charge is 2.19. The molecule has 0 aliphatic carbocycles. The van der Waals surface area contributed by atoms with Crippen molar-refractivity contribution in [3.05, 3.63) is 36.0 Å². The standard InChI is InChI=1S/C16H20N2O3/c1-10(2)9-17-15(19)11(3)18-8-7-12-5-4-6-13(14(12)18)16(20)21/h4-8,10-11H,9H2,1-3H3,(H,17,19)(H,20,21). The summed E-state index contributed by atoms with van der Waals surface area (Å²) in [5.41, 5.74) is 0.790. The summed E-state index contributed by atoms with van der Waals surface area (Å²) in [5.74, 6) is -0.728. The first kappa shape index (κ1) is 15.1. The van der Waals surface area contributed by atoms with Gasteiger partial charge in [-0.3, -0.25) is 4.79 Å². The predicted octanol–water partition coefficient (Wildman–Crippen LogP) is 2.67. The van der Waals surface area contributed by atoms with Crippen LogP contribution >= 0.6 is 0 Å². The molecule has 0 fully saturated rings. The molecule has 2 aromatic rings. The second-order valence-electron chi connectivity index (χ2n) is 5.59. The molecular formula is C16H20N2O3.